The molecule has 0 aliphatic rings. The average molecular weight is 317 g/mol. The van der Waals surface area contributed by atoms with Gasteiger partial charge in [0, 0.05) is 16.5 Å². The van der Waals surface area contributed by atoms with Crippen LogP contribution in [0.5, 0.6) is 0 Å². The van der Waals surface area contributed by atoms with Crippen molar-refractivity contribution >= 4 is 35.0 Å². The monoisotopic (exact) mass is 316 g/mol. The highest BCUT2D eigenvalue weighted by Crippen LogP contribution is 2.16. The Bertz CT molecular complexity index is 647. The number of thioether (sulfide) groups is 1. The molecule has 0 aliphatic heterocycles. The van der Waals surface area contributed by atoms with Crippen molar-refractivity contribution in [2.24, 2.45) is 0 Å². The lowest BCUT2D eigenvalue weighted by molar-refractivity contribution is -0.113. The van der Waals surface area contributed by atoms with Crippen molar-refractivity contribution in [1.82, 2.24) is 0 Å². The molecule has 2 aromatic carbocycles. The molecule has 0 saturated carbocycles. The van der Waals surface area contributed by atoms with Crippen molar-refractivity contribution < 1.29 is 4.79 Å². The molecule has 1 amide bonds. The highest BCUT2D eigenvalue weighted by Gasteiger charge is 2.03. The number of rotatable bonds is 5. The molecule has 21 heavy (non-hydrogen) atoms. The van der Waals surface area contributed by atoms with Crippen molar-refractivity contribution in [2.75, 3.05) is 11.1 Å². The molecule has 3 nitrogen and oxygen atoms in total. The molecule has 5 heteroatoms. The molecule has 0 radical (unpaired) electrons. The summed E-state index contributed by atoms with van der Waals surface area (Å²) in [6.07, 6.45) is 0. The molecule has 106 valence electrons. The molecular weight excluding hydrogens is 304 g/mol. The van der Waals surface area contributed by atoms with Crippen molar-refractivity contribution in [1.29, 1.82) is 5.26 Å². The second-order valence-corrected chi connectivity index (χ2v) is 5.78. The number of hydrogen-bond acceptors (Lipinski definition) is 3. The van der Waals surface area contributed by atoms with E-state index in [9.17, 15) is 4.79 Å². The summed E-state index contributed by atoms with van der Waals surface area (Å²) in [5.41, 5.74) is 2.41. The van der Waals surface area contributed by atoms with E-state index in [0.29, 0.717) is 22.0 Å². The molecule has 0 atom stereocenters. The van der Waals surface area contributed by atoms with E-state index in [-0.39, 0.29) is 5.91 Å². The molecule has 0 aliphatic carbocycles. The number of hydrogen-bond donors (Lipinski definition) is 1. The Morgan fingerprint density at radius 1 is 1.14 bits per heavy atom. The summed E-state index contributed by atoms with van der Waals surface area (Å²) >= 11 is 7.36. The summed E-state index contributed by atoms with van der Waals surface area (Å²) in [4.78, 5) is 11.8. The summed E-state index contributed by atoms with van der Waals surface area (Å²) < 4.78 is 0. The van der Waals surface area contributed by atoms with E-state index in [1.165, 1.54) is 11.8 Å². The number of nitrogens with one attached hydrogen (secondary N) is 1. The molecule has 0 saturated heterocycles. The van der Waals surface area contributed by atoms with E-state index < -0.39 is 0 Å². The fourth-order valence-electron chi connectivity index (χ4n) is 1.67. The molecule has 0 fully saturated rings. The third kappa shape index (κ3) is 5.14. The Hall–Kier alpha value is -1.96. The third-order valence-corrected chi connectivity index (χ3v) is 3.97. The molecule has 2 aromatic rings. The van der Waals surface area contributed by atoms with E-state index in [4.69, 9.17) is 16.9 Å². The molecule has 0 bridgehead atoms. The van der Waals surface area contributed by atoms with Gasteiger partial charge in [-0.3, -0.25) is 4.79 Å². The fraction of sp³-hybridized carbons (Fsp3) is 0.125. The average Bonchev–Trinajstić information content (AvgIpc) is 2.50. The van der Waals surface area contributed by atoms with Crippen LogP contribution in [0.2, 0.25) is 5.02 Å². The Balaban J connectivity index is 1.76. The number of nitrogens with zero attached hydrogens (tertiary/aromatic N) is 1. The molecular formula is C16H13ClN2OS. The van der Waals surface area contributed by atoms with Crippen LogP contribution in [0, 0.1) is 11.3 Å². The summed E-state index contributed by atoms with van der Waals surface area (Å²) in [6, 6.07) is 16.4. The van der Waals surface area contributed by atoms with Crippen LogP contribution < -0.4 is 5.32 Å². The number of amides is 1. The second kappa shape index (κ2) is 7.72. The van der Waals surface area contributed by atoms with Gasteiger partial charge in [0.1, 0.15) is 0 Å². The lowest BCUT2D eigenvalue weighted by Gasteiger charge is -2.05. The molecule has 1 N–H and O–H groups in total. The lowest BCUT2D eigenvalue weighted by atomic mass is 10.2. The highest BCUT2D eigenvalue weighted by molar-refractivity contribution is 7.99. The number of halogens is 1. The van der Waals surface area contributed by atoms with Gasteiger partial charge in [-0.15, -0.1) is 11.8 Å². The number of carbonyl (C=O) groups is 1. The van der Waals surface area contributed by atoms with Crippen LogP contribution in [-0.4, -0.2) is 11.7 Å². The van der Waals surface area contributed by atoms with Gasteiger partial charge in [0.2, 0.25) is 5.91 Å². The normalized spacial score (nSPS) is 9.90. The van der Waals surface area contributed by atoms with E-state index in [1.54, 1.807) is 24.3 Å². The van der Waals surface area contributed by atoms with Crippen molar-refractivity contribution in [3.05, 3.63) is 64.7 Å². The van der Waals surface area contributed by atoms with Crippen molar-refractivity contribution in [3.63, 3.8) is 0 Å². The maximum absolute atomic E-state index is 11.8. The quantitative estimate of drug-likeness (QED) is 0.904. The smallest absolute Gasteiger partial charge is 0.234 e. The summed E-state index contributed by atoms with van der Waals surface area (Å²) in [5.74, 6) is 1.08. The topological polar surface area (TPSA) is 52.9 Å². The Morgan fingerprint density at radius 2 is 1.81 bits per heavy atom. The molecule has 0 unspecified atom stereocenters. The number of anilines is 1. The number of carbonyl (C=O) groups excluding carboxylic acids is 1. The largest absolute Gasteiger partial charge is 0.325 e. The van der Waals surface area contributed by atoms with Gasteiger partial charge in [-0.25, -0.2) is 0 Å². The van der Waals surface area contributed by atoms with Crippen LogP contribution in [0.4, 0.5) is 5.69 Å². The van der Waals surface area contributed by atoms with Crippen LogP contribution in [0.1, 0.15) is 11.1 Å². The summed E-state index contributed by atoms with van der Waals surface area (Å²) in [7, 11) is 0. The Labute approximate surface area is 132 Å². The molecule has 0 spiro atoms. The van der Waals surface area contributed by atoms with Gasteiger partial charge >= 0.3 is 0 Å². The van der Waals surface area contributed by atoms with E-state index >= 15 is 0 Å². The first-order valence-corrected chi connectivity index (χ1v) is 7.83. The van der Waals surface area contributed by atoms with Gasteiger partial charge in [0.05, 0.1) is 17.4 Å². The maximum atomic E-state index is 11.8. The first kappa shape index (κ1) is 15.4. The van der Waals surface area contributed by atoms with Crippen LogP contribution in [0.3, 0.4) is 0 Å². The number of benzene rings is 2. The van der Waals surface area contributed by atoms with Gasteiger partial charge in [-0.2, -0.15) is 5.26 Å². The zero-order chi connectivity index (χ0) is 15.1. The van der Waals surface area contributed by atoms with Crippen molar-refractivity contribution in [3.8, 4) is 6.07 Å². The standard InChI is InChI=1S/C16H13ClN2OS/c17-14-5-1-13(2-6-14)10-21-11-16(20)19-15-7-3-12(9-18)4-8-15/h1-8H,10-11H2,(H,19,20). The first-order chi connectivity index (χ1) is 10.2. The SMILES string of the molecule is N#Cc1ccc(NC(=O)CSCc2ccc(Cl)cc2)cc1. The van der Waals surface area contributed by atoms with E-state index in [1.807, 2.05) is 30.3 Å². The minimum Gasteiger partial charge on any atom is -0.325 e. The predicted octanol–water partition coefficient (Wildman–Crippen LogP) is 4.08. The van der Waals surface area contributed by atoms with Crippen LogP contribution in [-0.2, 0) is 10.5 Å². The van der Waals surface area contributed by atoms with Crippen LogP contribution >= 0.6 is 23.4 Å². The van der Waals surface area contributed by atoms with Crippen LogP contribution in [0.25, 0.3) is 0 Å². The fourth-order valence-corrected chi connectivity index (χ4v) is 2.58. The molecule has 2 rings (SSSR count). The summed E-state index contributed by atoms with van der Waals surface area (Å²) in [6.45, 7) is 0. The second-order valence-electron chi connectivity index (χ2n) is 4.36. The van der Waals surface area contributed by atoms with E-state index in [0.717, 1.165) is 11.3 Å². The van der Waals surface area contributed by atoms with Crippen LogP contribution in [0.15, 0.2) is 48.5 Å². The maximum Gasteiger partial charge on any atom is 0.234 e. The van der Waals surface area contributed by atoms with E-state index in [2.05, 4.69) is 5.32 Å². The van der Waals surface area contributed by atoms with Gasteiger partial charge in [0.25, 0.3) is 0 Å². The highest BCUT2D eigenvalue weighted by atomic mass is 35.5. The minimum absolute atomic E-state index is 0.0568. The number of nitriles is 1. The zero-order valence-corrected chi connectivity index (χ0v) is 12.7. The predicted molar refractivity (Wildman–Crippen MR) is 87.4 cm³/mol. The third-order valence-electron chi connectivity index (χ3n) is 2.71. The van der Waals surface area contributed by atoms with Crippen molar-refractivity contribution in [2.45, 2.75) is 5.75 Å². The molecule has 0 heterocycles. The lowest BCUT2D eigenvalue weighted by Crippen LogP contribution is -2.14. The molecule has 0 aromatic heterocycles. The van der Waals surface area contributed by atoms with Gasteiger partial charge in [-0.05, 0) is 42.0 Å². The van der Waals surface area contributed by atoms with Gasteiger partial charge in [0.15, 0.2) is 0 Å². The van der Waals surface area contributed by atoms with Gasteiger partial charge < -0.3 is 5.32 Å². The Morgan fingerprint density at radius 3 is 2.43 bits per heavy atom. The Kier molecular flexibility index (Phi) is 5.68. The van der Waals surface area contributed by atoms with Gasteiger partial charge in [-0.1, -0.05) is 23.7 Å². The minimum atomic E-state index is -0.0568. The first-order valence-electron chi connectivity index (χ1n) is 6.29. The summed E-state index contributed by atoms with van der Waals surface area (Å²) in [5, 5.41) is 12.2. The zero-order valence-electron chi connectivity index (χ0n) is 11.2.